The van der Waals surface area contributed by atoms with Gasteiger partial charge in [-0.3, -0.25) is 0 Å². The highest BCUT2D eigenvalue weighted by Gasteiger charge is 2.43. The first kappa shape index (κ1) is 24.8. The Labute approximate surface area is 184 Å². The minimum Gasteiger partial charge on any atom is -1.00 e. The maximum Gasteiger partial charge on any atom is 0.225 e. The van der Waals surface area contributed by atoms with E-state index in [1.807, 2.05) is 12.4 Å². The average molecular weight is 463 g/mol. The number of nitrogen functional groups attached to an aromatic ring is 1. The van der Waals surface area contributed by atoms with E-state index in [0.29, 0.717) is 24.6 Å². The van der Waals surface area contributed by atoms with Crippen LogP contribution in [0.3, 0.4) is 0 Å². The molecule has 2 aromatic rings. The summed E-state index contributed by atoms with van der Waals surface area (Å²) in [5.74, 6) is 1.09. The molecule has 1 aliphatic heterocycles. The Balaban J connectivity index is 0.00000320. The zero-order valence-corrected chi connectivity index (χ0v) is 18.3. The van der Waals surface area contributed by atoms with E-state index in [-0.39, 0.29) is 19.0 Å². The lowest BCUT2D eigenvalue weighted by atomic mass is 9.99. The second kappa shape index (κ2) is 10.7. The second-order valence-electron chi connectivity index (χ2n) is 7.01. The molecule has 0 saturated carbocycles. The van der Waals surface area contributed by atoms with Gasteiger partial charge in [-0.1, -0.05) is 11.3 Å². The second-order valence-corrected chi connectivity index (χ2v) is 7.94. The Morgan fingerprint density at radius 1 is 1.23 bits per heavy atom. The number of aromatic nitrogens is 3. The Morgan fingerprint density at radius 3 is 2.63 bits per heavy atom. The number of hydrogen-bond donors (Lipinski definition) is 5. The predicted molar refractivity (Wildman–Crippen MR) is 103 cm³/mol. The maximum absolute atomic E-state index is 10.0. The minimum absolute atomic E-state index is 0. The van der Waals surface area contributed by atoms with E-state index in [9.17, 15) is 20.4 Å². The third-order valence-corrected chi connectivity index (χ3v) is 6.12. The number of aliphatic hydroxyl groups is 4. The monoisotopic (exact) mass is 462 g/mol. The van der Waals surface area contributed by atoms with E-state index >= 15 is 0 Å². The summed E-state index contributed by atoms with van der Waals surface area (Å²) in [6.07, 6.45) is -4.05. The number of nitrogens with zero attached hydrogens (tertiary/aromatic N) is 3. The highest BCUT2D eigenvalue weighted by molar-refractivity contribution is 7.09. The molecule has 0 unspecified atom stereocenters. The molecule has 12 heteroatoms. The van der Waals surface area contributed by atoms with Gasteiger partial charge in [0, 0.05) is 19.5 Å². The van der Waals surface area contributed by atoms with Crippen LogP contribution < -0.4 is 22.7 Å². The number of nitrogens with two attached hydrogens (primary N) is 1. The van der Waals surface area contributed by atoms with E-state index in [2.05, 4.69) is 14.5 Å². The van der Waals surface area contributed by atoms with Gasteiger partial charge in [0.25, 0.3) is 0 Å². The summed E-state index contributed by atoms with van der Waals surface area (Å²) in [6, 6.07) is 0. The van der Waals surface area contributed by atoms with Crippen LogP contribution in [0.1, 0.15) is 22.0 Å². The first-order valence-electron chi connectivity index (χ1n) is 9.28. The van der Waals surface area contributed by atoms with E-state index in [1.165, 1.54) is 0 Å². The number of hydrogen-bond acceptors (Lipinski definition) is 10. The smallest absolute Gasteiger partial charge is 0.225 e. The van der Waals surface area contributed by atoms with Crippen LogP contribution in [0.25, 0.3) is 0 Å². The molecular formula is C18H27ClN4O6S. The molecule has 0 aromatic carbocycles. The van der Waals surface area contributed by atoms with Crippen molar-refractivity contribution in [1.29, 1.82) is 0 Å². The SMILES string of the molecule is Cc1ncc(C[n+]2csc(CCO[C@@H]3O[C@H](CO)[C@H](O)[C@H](O)[C@H]3O)c2C)c(N)n1.[Cl-]. The quantitative estimate of drug-likeness (QED) is 0.256. The number of aliphatic hydroxyl groups excluding tert-OH is 4. The van der Waals surface area contributed by atoms with Crippen molar-refractivity contribution < 1.29 is 46.9 Å². The van der Waals surface area contributed by atoms with Crippen LogP contribution in [-0.4, -0.2) is 74.3 Å². The molecule has 0 spiro atoms. The van der Waals surface area contributed by atoms with Crippen molar-refractivity contribution in [2.75, 3.05) is 18.9 Å². The summed E-state index contributed by atoms with van der Waals surface area (Å²) >= 11 is 1.57. The van der Waals surface area contributed by atoms with E-state index in [1.54, 1.807) is 24.5 Å². The topological polar surface area (TPSA) is 155 Å². The number of thiazole rings is 1. The first-order valence-corrected chi connectivity index (χ1v) is 10.2. The van der Waals surface area contributed by atoms with Gasteiger partial charge in [0.1, 0.15) is 36.1 Å². The molecule has 3 heterocycles. The van der Waals surface area contributed by atoms with Gasteiger partial charge in [0.15, 0.2) is 18.5 Å². The van der Waals surface area contributed by atoms with Crippen LogP contribution in [0.4, 0.5) is 5.82 Å². The molecule has 5 atom stereocenters. The molecule has 1 aliphatic rings. The van der Waals surface area contributed by atoms with Gasteiger partial charge in [-0.15, -0.1) is 0 Å². The molecule has 30 heavy (non-hydrogen) atoms. The first-order chi connectivity index (χ1) is 13.8. The van der Waals surface area contributed by atoms with E-state index in [0.717, 1.165) is 16.1 Å². The molecule has 0 aliphatic carbocycles. The van der Waals surface area contributed by atoms with Gasteiger partial charge in [-0.25, -0.2) is 9.97 Å². The maximum atomic E-state index is 10.0. The lowest BCUT2D eigenvalue weighted by Crippen LogP contribution is -3.00. The minimum atomic E-state index is -1.45. The molecule has 2 aromatic heterocycles. The van der Waals surface area contributed by atoms with Crippen molar-refractivity contribution in [2.24, 2.45) is 0 Å². The lowest BCUT2D eigenvalue weighted by molar-refractivity contribution is -0.689. The van der Waals surface area contributed by atoms with Gasteiger partial charge in [0.2, 0.25) is 5.51 Å². The fraction of sp³-hybridized carbons (Fsp3) is 0.611. The largest absolute Gasteiger partial charge is 1.00 e. The van der Waals surface area contributed by atoms with Crippen molar-refractivity contribution >= 4 is 17.2 Å². The lowest BCUT2D eigenvalue weighted by Gasteiger charge is -2.39. The molecule has 168 valence electrons. The number of ether oxygens (including phenoxy) is 2. The molecule has 0 amide bonds. The number of anilines is 1. The third kappa shape index (κ3) is 5.42. The highest BCUT2D eigenvalue weighted by atomic mass is 35.5. The zero-order chi connectivity index (χ0) is 21.1. The van der Waals surface area contributed by atoms with E-state index < -0.39 is 37.3 Å². The number of halogens is 1. The number of aryl methyl sites for hydroxylation is 1. The Morgan fingerprint density at radius 2 is 1.97 bits per heavy atom. The molecule has 1 fully saturated rings. The summed E-state index contributed by atoms with van der Waals surface area (Å²) in [5.41, 5.74) is 9.84. The van der Waals surface area contributed by atoms with E-state index in [4.69, 9.17) is 15.2 Å². The van der Waals surface area contributed by atoms with Gasteiger partial charge in [-0.05, 0) is 6.92 Å². The van der Waals surface area contributed by atoms with Gasteiger partial charge in [-0.2, -0.15) is 4.57 Å². The fourth-order valence-corrected chi connectivity index (χ4v) is 4.11. The molecule has 10 nitrogen and oxygen atoms in total. The fourth-order valence-electron chi connectivity index (χ4n) is 3.14. The number of rotatable bonds is 7. The van der Waals surface area contributed by atoms with Crippen molar-refractivity contribution in [3.05, 3.63) is 33.7 Å². The zero-order valence-electron chi connectivity index (χ0n) is 16.7. The molecular weight excluding hydrogens is 436 g/mol. The van der Waals surface area contributed by atoms with Crippen molar-refractivity contribution in [1.82, 2.24) is 9.97 Å². The van der Waals surface area contributed by atoms with Crippen molar-refractivity contribution in [2.45, 2.75) is 57.5 Å². The predicted octanol–water partition coefficient (Wildman–Crippen LogP) is -4.56. The molecule has 0 radical (unpaired) electrons. The average Bonchev–Trinajstić information content (AvgIpc) is 3.03. The Hall–Kier alpha value is -1.44. The molecule has 0 bridgehead atoms. The molecule has 1 saturated heterocycles. The summed E-state index contributed by atoms with van der Waals surface area (Å²) in [7, 11) is 0. The van der Waals surface area contributed by atoms with Crippen LogP contribution in [0, 0.1) is 13.8 Å². The van der Waals surface area contributed by atoms with Crippen LogP contribution in [0.15, 0.2) is 11.7 Å². The van der Waals surface area contributed by atoms with Crippen LogP contribution in [0.5, 0.6) is 0 Å². The summed E-state index contributed by atoms with van der Waals surface area (Å²) in [5, 5.41) is 38.9. The van der Waals surface area contributed by atoms with Crippen LogP contribution in [-0.2, 0) is 22.4 Å². The Bertz CT molecular complexity index is 839. The van der Waals surface area contributed by atoms with Gasteiger partial charge < -0.3 is 48.0 Å². The third-order valence-electron chi connectivity index (χ3n) is 4.98. The summed E-state index contributed by atoms with van der Waals surface area (Å²) < 4.78 is 13.0. The Kier molecular flexibility index (Phi) is 8.88. The molecule has 6 N–H and O–H groups in total. The van der Waals surface area contributed by atoms with Gasteiger partial charge in [0.05, 0.1) is 23.7 Å². The van der Waals surface area contributed by atoms with Crippen LogP contribution in [0.2, 0.25) is 0 Å². The van der Waals surface area contributed by atoms with Crippen molar-refractivity contribution in [3.8, 4) is 0 Å². The normalized spacial score (nSPS) is 26.4. The van der Waals surface area contributed by atoms with Crippen molar-refractivity contribution in [3.63, 3.8) is 0 Å². The highest BCUT2D eigenvalue weighted by Crippen LogP contribution is 2.22. The summed E-state index contributed by atoms with van der Waals surface area (Å²) in [6.45, 7) is 4.09. The van der Waals surface area contributed by atoms with Crippen LogP contribution >= 0.6 is 11.3 Å². The summed E-state index contributed by atoms with van der Waals surface area (Å²) in [4.78, 5) is 9.46. The van der Waals surface area contributed by atoms with Gasteiger partial charge >= 0.3 is 0 Å². The molecule has 3 rings (SSSR count). The standard InChI is InChI=1S/C18H27N4O6S.ClH/c1-9-13(29-8-22(9)6-11-5-20-10(2)21-17(11)19)3-4-27-18-16(26)15(25)14(24)12(7-23)28-18;/h5,8,12,14-16,18,23-26H,3-4,6-7H2,1-2H3,(H2,19,20,21);1H/q+1;/p-1/t12-,14+,15+,16-,18-;/m1./s1.